The van der Waals surface area contributed by atoms with Crippen LogP contribution in [0.1, 0.15) is 28.5 Å². The van der Waals surface area contributed by atoms with E-state index < -0.39 is 13.0 Å². The highest BCUT2D eigenvalue weighted by Crippen LogP contribution is 2.25. The second-order valence-electron chi connectivity index (χ2n) is 7.45. The van der Waals surface area contributed by atoms with Crippen molar-refractivity contribution in [2.45, 2.75) is 20.0 Å². The topological polar surface area (TPSA) is 35.0 Å². The van der Waals surface area contributed by atoms with Crippen LogP contribution in [0.4, 0.5) is 0 Å². The van der Waals surface area contributed by atoms with E-state index in [1.165, 1.54) is 0 Å². The molecule has 3 nitrogen and oxygen atoms in total. The molecule has 0 fully saturated rings. The summed E-state index contributed by atoms with van der Waals surface area (Å²) in [4.78, 5) is 8.77. The van der Waals surface area contributed by atoms with Crippen LogP contribution in [-0.4, -0.2) is 16.9 Å². The molecule has 1 unspecified atom stereocenters. The lowest BCUT2D eigenvalue weighted by molar-refractivity contribution is 0.252. The lowest BCUT2D eigenvalue weighted by atomic mass is 9.55. The van der Waals surface area contributed by atoms with Crippen LogP contribution in [0.15, 0.2) is 85.3 Å². The van der Waals surface area contributed by atoms with Gasteiger partial charge in [-0.1, -0.05) is 77.8 Å². The predicted octanol–water partition coefficient (Wildman–Crippen LogP) is 5.31. The van der Waals surface area contributed by atoms with Gasteiger partial charge in [0.05, 0.1) is 11.9 Å². The van der Waals surface area contributed by atoms with Gasteiger partial charge in [0.2, 0.25) is 0 Å². The molecule has 1 aromatic heterocycles. The first-order chi connectivity index (χ1) is 15.0. The van der Waals surface area contributed by atoms with E-state index in [2.05, 4.69) is 9.97 Å². The largest absolute Gasteiger partial charge is 0.414 e. The van der Waals surface area contributed by atoms with E-state index in [0.717, 1.165) is 33.3 Å². The zero-order valence-corrected chi connectivity index (χ0v) is 18.8. The van der Waals surface area contributed by atoms with E-state index in [1.54, 1.807) is 18.6 Å². The fraction of sp³-hybridized carbons (Fsp3) is 0.120. The molecule has 1 atom stereocenters. The molecule has 4 rings (SSSR count). The Kier molecular flexibility index (Phi) is 6.72. The molecule has 31 heavy (non-hydrogen) atoms. The third kappa shape index (κ3) is 4.99. The third-order valence-electron chi connectivity index (χ3n) is 5.22. The van der Waals surface area contributed by atoms with Gasteiger partial charge in [-0.15, -0.1) is 0 Å². The van der Waals surface area contributed by atoms with Gasteiger partial charge in [0.15, 0.2) is 0 Å². The lowest BCUT2D eigenvalue weighted by Gasteiger charge is -2.24. The van der Waals surface area contributed by atoms with Crippen molar-refractivity contribution in [2.24, 2.45) is 0 Å². The van der Waals surface area contributed by atoms with Crippen molar-refractivity contribution < 1.29 is 4.65 Å². The minimum absolute atomic E-state index is 0.400. The summed E-state index contributed by atoms with van der Waals surface area (Å²) in [5.41, 5.74) is 5.64. The Balaban J connectivity index is 1.83. The van der Waals surface area contributed by atoms with Crippen LogP contribution in [0.5, 0.6) is 0 Å². The number of aromatic nitrogens is 2. The van der Waals surface area contributed by atoms with E-state index in [-0.39, 0.29) is 0 Å². The molecule has 0 aliphatic rings. The number of hydrogen-bond acceptors (Lipinski definition) is 3. The van der Waals surface area contributed by atoms with Gasteiger partial charge in [-0.2, -0.15) is 0 Å². The van der Waals surface area contributed by atoms with Gasteiger partial charge < -0.3 is 4.65 Å². The maximum atomic E-state index is 6.76. The number of benzene rings is 3. The maximum absolute atomic E-state index is 6.76. The summed E-state index contributed by atoms with van der Waals surface area (Å²) in [5, 5.41) is 1.39. The average Bonchev–Trinajstić information content (AvgIpc) is 2.80. The Morgan fingerprint density at radius 1 is 0.806 bits per heavy atom. The minimum Gasteiger partial charge on any atom is -0.414 e. The fourth-order valence-electron chi connectivity index (χ4n) is 3.42. The van der Waals surface area contributed by atoms with Crippen molar-refractivity contribution in [3.05, 3.63) is 118 Å². The second-order valence-corrected chi connectivity index (χ2v) is 8.27. The smallest absolute Gasteiger partial charge is 0.362 e. The van der Waals surface area contributed by atoms with Crippen molar-refractivity contribution in [2.75, 3.05) is 0 Å². The van der Waals surface area contributed by atoms with Gasteiger partial charge in [0, 0.05) is 22.4 Å². The van der Waals surface area contributed by atoms with Crippen molar-refractivity contribution >= 4 is 41.0 Å². The molecule has 0 saturated carbocycles. The highest BCUT2D eigenvalue weighted by atomic mass is 35.5. The number of nitrogens with zero attached hydrogens (tertiary/aromatic N) is 2. The molecule has 4 aromatic rings. The Morgan fingerprint density at radius 2 is 1.42 bits per heavy atom. The van der Waals surface area contributed by atoms with Gasteiger partial charge >= 0.3 is 6.92 Å². The standard InChI is InChI=1S/C25H21BCl2N2O/c1-17-8-10-20(14-22(17)27)26(21-11-9-18(2)23(28)15-21)31-25(19-6-4-3-5-7-19)24-16-29-12-13-30-24/h3-16,25H,1-2H3. The molecule has 1 heterocycles. The van der Waals surface area contributed by atoms with E-state index in [4.69, 9.17) is 27.9 Å². The molecular formula is C25H21BCl2N2O. The quantitative estimate of drug-likeness (QED) is 0.376. The number of hydrogen-bond donors (Lipinski definition) is 0. The highest BCUT2D eigenvalue weighted by molar-refractivity contribution is 6.80. The van der Waals surface area contributed by atoms with Crippen LogP contribution in [0.2, 0.25) is 10.0 Å². The van der Waals surface area contributed by atoms with Gasteiger partial charge in [-0.3, -0.25) is 9.97 Å². The molecule has 0 amide bonds. The van der Waals surface area contributed by atoms with Crippen LogP contribution in [-0.2, 0) is 4.65 Å². The first-order valence-corrected chi connectivity index (χ1v) is 10.8. The Morgan fingerprint density at radius 3 is 1.94 bits per heavy atom. The molecule has 154 valence electrons. The molecule has 0 aliphatic heterocycles. The van der Waals surface area contributed by atoms with Crippen LogP contribution in [0.25, 0.3) is 0 Å². The van der Waals surface area contributed by atoms with Crippen molar-refractivity contribution in [3.63, 3.8) is 0 Å². The SMILES string of the molecule is Cc1ccc(B(OC(c2ccccc2)c2cnccn2)c2ccc(C)c(Cl)c2)cc1Cl. The average molecular weight is 447 g/mol. The molecule has 0 radical (unpaired) electrons. The van der Waals surface area contributed by atoms with Gasteiger partial charge in [-0.25, -0.2) is 0 Å². The summed E-state index contributed by atoms with van der Waals surface area (Å²) in [5.74, 6) is 0. The molecular weight excluding hydrogens is 426 g/mol. The summed E-state index contributed by atoms with van der Waals surface area (Å²) in [6.07, 6.45) is 4.65. The zero-order chi connectivity index (χ0) is 21.8. The van der Waals surface area contributed by atoms with Crippen LogP contribution in [0, 0.1) is 13.8 Å². The molecule has 0 saturated heterocycles. The van der Waals surface area contributed by atoms with Crippen molar-refractivity contribution in [3.8, 4) is 0 Å². The van der Waals surface area contributed by atoms with Gasteiger partial charge in [0.1, 0.15) is 6.10 Å². The van der Waals surface area contributed by atoms with E-state index in [1.807, 2.05) is 80.6 Å². The second kappa shape index (κ2) is 9.65. The van der Waals surface area contributed by atoms with Crippen molar-refractivity contribution in [1.82, 2.24) is 9.97 Å². The Hall–Kier alpha value is -2.66. The maximum Gasteiger partial charge on any atom is 0.362 e. The van der Waals surface area contributed by atoms with Crippen LogP contribution in [0.3, 0.4) is 0 Å². The summed E-state index contributed by atoms with van der Waals surface area (Å²) < 4.78 is 6.76. The van der Waals surface area contributed by atoms with E-state index >= 15 is 0 Å². The molecule has 0 N–H and O–H groups in total. The molecule has 3 aromatic carbocycles. The number of aryl methyl sites for hydroxylation is 2. The summed E-state index contributed by atoms with van der Waals surface area (Å²) in [6.45, 7) is 3.57. The first kappa shape index (κ1) is 21.6. The molecule has 0 spiro atoms. The van der Waals surface area contributed by atoms with E-state index in [9.17, 15) is 0 Å². The summed E-state index contributed by atoms with van der Waals surface area (Å²) >= 11 is 12.9. The normalized spacial score (nSPS) is 11.9. The van der Waals surface area contributed by atoms with E-state index in [0.29, 0.717) is 10.0 Å². The van der Waals surface area contributed by atoms with Gasteiger partial charge in [-0.05, 0) is 53.6 Å². The lowest BCUT2D eigenvalue weighted by Crippen LogP contribution is -2.46. The third-order valence-corrected chi connectivity index (χ3v) is 6.04. The Bertz CT molecular complexity index is 1080. The monoisotopic (exact) mass is 446 g/mol. The zero-order valence-electron chi connectivity index (χ0n) is 17.3. The minimum atomic E-state index is -0.417. The summed E-state index contributed by atoms with van der Waals surface area (Å²) in [6, 6.07) is 22.0. The molecule has 0 bridgehead atoms. The number of halogens is 2. The highest BCUT2D eigenvalue weighted by Gasteiger charge is 2.29. The first-order valence-electron chi connectivity index (χ1n) is 10.0. The van der Waals surface area contributed by atoms with Crippen molar-refractivity contribution in [1.29, 1.82) is 0 Å². The van der Waals surface area contributed by atoms with Crippen LogP contribution < -0.4 is 10.9 Å². The predicted molar refractivity (Wildman–Crippen MR) is 129 cm³/mol. The van der Waals surface area contributed by atoms with Gasteiger partial charge in [0.25, 0.3) is 0 Å². The molecule has 6 heteroatoms. The number of rotatable bonds is 6. The molecule has 0 aliphatic carbocycles. The summed E-state index contributed by atoms with van der Waals surface area (Å²) in [7, 11) is 0. The fourth-order valence-corrected chi connectivity index (χ4v) is 3.80. The van der Waals surface area contributed by atoms with Crippen LogP contribution >= 0.6 is 23.2 Å². The Labute approximate surface area is 193 Å².